The van der Waals surface area contributed by atoms with Crippen molar-refractivity contribution in [1.29, 1.82) is 0 Å². The first-order chi connectivity index (χ1) is 12.6. The largest absolute Gasteiger partial charge is 0.337 e. The Morgan fingerprint density at radius 2 is 1.88 bits per heavy atom. The van der Waals surface area contributed by atoms with E-state index in [2.05, 4.69) is 17.2 Å². The topological polar surface area (TPSA) is 58.4 Å². The summed E-state index contributed by atoms with van der Waals surface area (Å²) in [6.07, 6.45) is 1.68. The molecule has 0 unspecified atom stereocenters. The Kier molecular flexibility index (Phi) is 4.26. The van der Waals surface area contributed by atoms with Crippen molar-refractivity contribution in [1.82, 2.24) is 19.6 Å². The van der Waals surface area contributed by atoms with E-state index in [1.807, 2.05) is 34.9 Å². The standard InChI is InChI=1S/C20H24N4O2/c1-3-24-18(9-10-21-24)20(26)22-11-16-12-23(14(2)25)19(17(16)13-22)15-7-5-4-6-8-15/h4-10,16-17,19H,3,11-13H2,1-2H3/t16-,17-,19-/m1/s1. The van der Waals surface area contributed by atoms with Crippen LogP contribution in [0, 0.1) is 11.8 Å². The first-order valence-corrected chi connectivity index (χ1v) is 9.23. The number of likely N-dealkylation sites (tertiary alicyclic amines) is 2. The summed E-state index contributed by atoms with van der Waals surface area (Å²) in [5.74, 6) is 0.754. The zero-order valence-electron chi connectivity index (χ0n) is 15.2. The number of hydrogen-bond donors (Lipinski definition) is 0. The minimum absolute atomic E-state index is 0.0416. The first kappa shape index (κ1) is 16.8. The van der Waals surface area contributed by atoms with Gasteiger partial charge in [0, 0.05) is 51.1 Å². The summed E-state index contributed by atoms with van der Waals surface area (Å²) >= 11 is 0. The maximum absolute atomic E-state index is 13.0. The van der Waals surface area contributed by atoms with Crippen LogP contribution in [0.3, 0.4) is 0 Å². The molecule has 6 heteroatoms. The molecule has 0 aliphatic carbocycles. The Balaban J connectivity index is 1.59. The molecule has 0 N–H and O–H groups in total. The molecule has 6 nitrogen and oxygen atoms in total. The highest BCUT2D eigenvalue weighted by Gasteiger charge is 2.49. The van der Waals surface area contributed by atoms with Gasteiger partial charge in [0.25, 0.3) is 5.91 Å². The summed E-state index contributed by atoms with van der Waals surface area (Å²) in [6.45, 7) is 6.40. The third kappa shape index (κ3) is 2.69. The van der Waals surface area contributed by atoms with Crippen molar-refractivity contribution >= 4 is 11.8 Å². The van der Waals surface area contributed by atoms with Crippen molar-refractivity contribution in [3.63, 3.8) is 0 Å². The summed E-state index contributed by atoms with van der Waals surface area (Å²) < 4.78 is 1.74. The monoisotopic (exact) mass is 352 g/mol. The lowest BCUT2D eigenvalue weighted by molar-refractivity contribution is -0.130. The minimum Gasteiger partial charge on any atom is -0.337 e. The lowest BCUT2D eigenvalue weighted by Gasteiger charge is -2.29. The van der Waals surface area contributed by atoms with Gasteiger partial charge in [-0.1, -0.05) is 30.3 Å². The lowest BCUT2D eigenvalue weighted by atomic mass is 9.89. The van der Waals surface area contributed by atoms with E-state index in [1.165, 1.54) is 0 Å². The van der Waals surface area contributed by atoms with Crippen LogP contribution in [0.15, 0.2) is 42.6 Å². The van der Waals surface area contributed by atoms with E-state index in [4.69, 9.17) is 0 Å². The van der Waals surface area contributed by atoms with Gasteiger partial charge in [-0.15, -0.1) is 0 Å². The lowest BCUT2D eigenvalue weighted by Crippen LogP contribution is -2.37. The summed E-state index contributed by atoms with van der Waals surface area (Å²) in [4.78, 5) is 29.1. The second-order valence-corrected chi connectivity index (χ2v) is 7.19. The number of hydrogen-bond acceptors (Lipinski definition) is 3. The number of aryl methyl sites for hydroxylation is 1. The highest BCUT2D eigenvalue weighted by Crippen LogP contribution is 2.45. The second-order valence-electron chi connectivity index (χ2n) is 7.19. The molecule has 4 rings (SSSR count). The molecule has 2 saturated heterocycles. The molecule has 2 fully saturated rings. The van der Waals surface area contributed by atoms with E-state index < -0.39 is 0 Å². The Labute approximate surface area is 153 Å². The van der Waals surface area contributed by atoms with Crippen molar-refractivity contribution in [3.8, 4) is 0 Å². The number of benzene rings is 1. The van der Waals surface area contributed by atoms with Crippen LogP contribution in [0.5, 0.6) is 0 Å². The fraction of sp³-hybridized carbons (Fsp3) is 0.450. The van der Waals surface area contributed by atoms with Gasteiger partial charge in [-0.2, -0.15) is 5.10 Å². The third-order valence-electron chi connectivity index (χ3n) is 5.73. The molecule has 0 saturated carbocycles. The summed E-state index contributed by atoms with van der Waals surface area (Å²) in [5, 5.41) is 4.21. The zero-order chi connectivity index (χ0) is 18.3. The molecule has 2 aliphatic rings. The average Bonchev–Trinajstić information content (AvgIpc) is 3.35. The molecule has 0 spiro atoms. The molecule has 2 aliphatic heterocycles. The van der Waals surface area contributed by atoms with Crippen LogP contribution in [0.1, 0.15) is 35.9 Å². The van der Waals surface area contributed by atoms with Crippen LogP contribution < -0.4 is 0 Å². The van der Waals surface area contributed by atoms with Crippen LogP contribution >= 0.6 is 0 Å². The second kappa shape index (κ2) is 6.59. The Morgan fingerprint density at radius 3 is 2.58 bits per heavy atom. The van der Waals surface area contributed by atoms with Gasteiger partial charge in [0.2, 0.25) is 5.91 Å². The molecule has 2 amide bonds. The minimum atomic E-state index is 0.0416. The third-order valence-corrected chi connectivity index (χ3v) is 5.73. The van der Waals surface area contributed by atoms with E-state index in [-0.39, 0.29) is 23.8 Å². The number of nitrogens with zero attached hydrogens (tertiary/aromatic N) is 4. The van der Waals surface area contributed by atoms with Gasteiger partial charge in [0.15, 0.2) is 0 Å². The van der Waals surface area contributed by atoms with Crippen molar-refractivity contribution < 1.29 is 9.59 Å². The van der Waals surface area contributed by atoms with Gasteiger partial charge >= 0.3 is 0 Å². The molecule has 2 aromatic rings. The van der Waals surface area contributed by atoms with Gasteiger partial charge in [-0.25, -0.2) is 0 Å². The average molecular weight is 352 g/mol. The van der Waals surface area contributed by atoms with E-state index in [9.17, 15) is 9.59 Å². The van der Waals surface area contributed by atoms with Crippen molar-refractivity contribution in [2.75, 3.05) is 19.6 Å². The Bertz CT molecular complexity index is 816. The van der Waals surface area contributed by atoms with Crippen LogP contribution in [0.4, 0.5) is 0 Å². The van der Waals surface area contributed by atoms with E-state index in [1.54, 1.807) is 23.9 Å². The molecular weight excluding hydrogens is 328 g/mol. The molecule has 0 radical (unpaired) electrons. The number of carbonyl (C=O) groups is 2. The molecule has 1 aromatic carbocycles. The number of fused-ring (bicyclic) bond motifs is 1. The highest BCUT2D eigenvalue weighted by atomic mass is 16.2. The van der Waals surface area contributed by atoms with Gasteiger partial charge < -0.3 is 9.80 Å². The van der Waals surface area contributed by atoms with Crippen molar-refractivity contribution in [2.24, 2.45) is 11.8 Å². The molecule has 1 aromatic heterocycles. The highest BCUT2D eigenvalue weighted by molar-refractivity contribution is 5.92. The van der Waals surface area contributed by atoms with E-state index in [0.717, 1.165) is 12.1 Å². The molecule has 136 valence electrons. The fourth-order valence-corrected chi connectivity index (χ4v) is 4.54. The smallest absolute Gasteiger partial charge is 0.272 e. The summed E-state index contributed by atoms with van der Waals surface area (Å²) in [7, 11) is 0. The molecular formula is C20H24N4O2. The zero-order valence-corrected chi connectivity index (χ0v) is 15.2. The molecule has 3 atom stereocenters. The number of aromatic nitrogens is 2. The first-order valence-electron chi connectivity index (χ1n) is 9.23. The van der Waals surface area contributed by atoms with Crippen LogP contribution in [-0.2, 0) is 11.3 Å². The van der Waals surface area contributed by atoms with Gasteiger partial charge in [0.05, 0.1) is 6.04 Å². The SMILES string of the molecule is CCn1nccc1C(=O)N1C[C@@H]2CN(C(C)=O)[C@H](c3ccccc3)[C@@H]2C1. The van der Waals surface area contributed by atoms with Gasteiger partial charge in [-0.05, 0) is 18.6 Å². The fourth-order valence-electron chi connectivity index (χ4n) is 4.54. The van der Waals surface area contributed by atoms with Crippen LogP contribution in [-0.4, -0.2) is 51.0 Å². The normalized spacial score (nSPS) is 24.8. The van der Waals surface area contributed by atoms with E-state index >= 15 is 0 Å². The Morgan fingerprint density at radius 1 is 1.12 bits per heavy atom. The van der Waals surface area contributed by atoms with Gasteiger partial charge in [-0.3, -0.25) is 14.3 Å². The van der Waals surface area contributed by atoms with E-state index in [0.29, 0.717) is 31.2 Å². The van der Waals surface area contributed by atoms with Crippen molar-refractivity contribution in [2.45, 2.75) is 26.4 Å². The molecule has 0 bridgehead atoms. The number of carbonyl (C=O) groups excluding carboxylic acids is 2. The molecule has 26 heavy (non-hydrogen) atoms. The number of amides is 2. The van der Waals surface area contributed by atoms with Crippen molar-refractivity contribution in [3.05, 3.63) is 53.9 Å². The summed E-state index contributed by atoms with van der Waals surface area (Å²) in [5.41, 5.74) is 1.80. The maximum atomic E-state index is 13.0. The predicted molar refractivity (Wildman–Crippen MR) is 97.4 cm³/mol. The Hall–Kier alpha value is -2.63. The van der Waals surface area contributed by atoms with Crippen LogP contribution in [0.25, 0.3) is 0 Å². The number of rotatable bonds is 3. The quantitative estimate of drug-likeness (QED) is 0.851. The van der Waals surface area contributed by atoms with Crippen LogP contribution in [0.2, 0.25) is 0 Å². The van der Waals surface area contributed by atoms with Gasteiger partial charge in [0.1, 0.15) is 5.69 Å². The summed E-state index contributed by atoms with van der Waals surface area (Å²) in [6, 6.07) is 12.0. The predicted octanol–water partition coefficient (Wildman–Crippen LogP) is 2.19. The maximum Gasteiger partial charge on any atom is 0.272 e. The molecule has 3 heterocycles.